The normalized spacial score (nSPS) is 17.7. The van der Waals surface area contributed by atoms with Gasteiger partial charge in [0, 0.05) is 22.5 Å². The molecule has 1 aliphatic rings. The number of nitrogens with two attached hydrogens (primary N) is 1. The van der Waals surface area contributed by atoms with Gasteiger partial charge in [-0.1, -0.05) is 66.6 Å². The Balaban J connectivity index is 1.35. The van der Waals surface area contributed by atoms with Gasteiger partial charge >= 0.3 is 0 Å². The zero-order valence-electron chi connectivity index (χ0n) is 21.7. The highest BCUT2D eigenvalue weighted by Crippen LogP contribution is 2.30. The Morgan fingerprint density at radius 2 is 1.82 bits per heavy atom. The van der Waals surface area contributed by atoms with Gasteiger partial charge in [0.05, 0.1) is 5.52 Å². The predicted octanol–water partition coefficient (Wildman–Crippen LogP) is 7.50. The highest BCUT2D eigenvalue weighted by molar-refractivity contribution is 6.31. The van der Waals surface area contributed by atoms with Gasteiger partial charge in [-0.25, -0.2) is 9.97 Å². The molecule has 3 aromatic carbocycles. The summed E-state index contributed by atoms with van der Waals surface area (Å²) in [6.45, 7) is 3.23. The number of hydrogen-bond donors (Lipinski definition) is 2. The number of nitrogens with one attached hydrogen (secondary N) is 1. The van der Waals surface area contributed by atoms with Gasteiger partial charge in [0.1, 0.15) is 5.82 Å². The Kier molecular flexibility index (Phi) is 8.16. The van der Waals surface area contributed by atoms with Crippen molar-refractivity contribution < 1.29 is 4.79 Å². The number of carbonyl (C=O) groups is 1. The fourth-order valence-electron chi connectivity index (χ4n) is 5.25. The van der Waals surface area contributed by atoms with Crippen molar-refractivity contribution in [2.24, 2.45) is 17.6 Å². The Morgan fingerprint density at radius 3 is 2.61 bits per heavy atom. The summed E-state index contributed by atoms with van der Waals surface area (Å²) in [5.41, 5.74) is 10.6. The Morgan fingerprint density at radius 1 is 1.00 bits per heavy atom. The standard InChI is InChI=1S/C32H33ClN4O/c1-21(38)26-6-3-7-27(17-26)25-11-8-22(9-12-25)10-15-31-36-30-18-28(33)13-14-29(30)32(37-31)35-20-24-5-2-4-23(16-24)19-34/h3,6-15,17-18,23-24H,2,4-5,16,19-20,34H2,1H3,(H,35,36,37)/b15-10+. The number of halogens is 1. The average molecular weight is 525 g/mol. The van der Waals surface area contributed by atoms with Crippen molar-refractivity contribution in [2.45, 2.75) is 32.6 Å². The summed E-state index contributed by atoms with van der Waals surface area (Å²) in [4.78, 5) is 21.3. The first-order chi connectivity index (χ1) is 18.5. The number of aromatic nitrogens is 2. The summed E-state index contributed by atoms with van der Waals surface area (Å²) >= 11 is 6.29. The van der Waals surface area contributed by atoms with E-state index in [2.05, 4.69) is 29.6 Å². The minimum Gasteiger partial charge on any atom is -0.369 e. The number of carbonyl (C=O) groups excluding carboxylic acids is 1. The summed E-state index contributed by atoms with van der Waals surface area (Å²) < 4.78 is 0. The fourth-order valence-corrected chi connectivity index (χ4v) is 5.41. The lowest BCUT2D eigenvalue weighted by atomic mass is 9.81. The van der Waals surface area contributed by atoms with Crippen LogP contribution in [-0.2, 0) is 0 Å². The fraction of sp³-hybridized carbons (Fsp3) is 0.281. The molecule has 0 radical (unpaired) electrons. The number of anilines is 1. The van der Waals surface area contributed by atoms with Gasteiger partial charge in [0.15, 0.2) is 11.6 Å². The second kappa shape index (κ2) is 11.9. The Bertz CT molecular complexity index is 1460. The second-order valence-electron chi connectivity index (χ2n) is 10.2. The largest absolute Gasteiger partial charge is 0.369 e. The van der Waals surface area contributed by atoms with Gasteiger partial charge in [-0.15, -0.1) is 0 Å². The third-order valence-electron chi connectivity index (χ3n) is 7.40. The topological polar surface area (TPSA) is 80.9 Å². The minimum atomic E-state index is 0.0652. The first-order valence-electron chi connectivity index (χ1n) is 13.3. The van der Waals surface area contributed by atoms with Crippen LogP contribution < -0.4 is 11.1 Å². The molecule has 3 N–H and O–H groups in total. The van der Waals surface area contributed by atoms with Crippen molar-refractivity contribution in [3.8, 4) is 11.1 Å². The summed E-state index contributed by atoms with van der Waals surface area (Å²) in [5, 5.41) is 5.23. The molecule has 2 unspecified atom stereocenters. The van der Waals surface area contributed by atoms with Gasteiger partial charge in [0.2, 0.25) is 0 Å². The lowest BCUT2D eigenvalue weighted by Crippen LogP contribution is -2.26. The molecule has 1 aliphatic carbocycles. The van der Waals surface area contributed by atoms with E-state index in [-0.39, 0.29) is 5.78 Å². The van der Waals surface area contributed by atoms with Crippen LogP contribution in [0.15, 0.2) is 66.7 Å². The smallest absolute Gasteiger partial charge is 0.159 e. The van der Waals surface area contributed by atoms with E-state index in [0.717, 1.165) is 46.5 Å². The molecule has 0 amide bonds. The molecular formula is C32H33ClN4O. The maximum atomic E-state index is 11.7. The molecule has 0 bridgehead atoms. The number of hydrogen-bond acceptors (Lipinski definition) is 5. The molecule has 1 saturated carbocycles. The molecule has 38 heavy (non-hydrogen) atoms. The molecule has 2 atom stereocenters. The van der Waals surface area contributed by atoms with E-state index in [0.29, 0.717) is 28.2 Å². The van der Waals surface area contributed by atoms with Crippen LogP contribution in [0.4, 0.5) is 5.82 Å². The van der Waals surface area contributed by atoms with Crippen molar-refractivity contribution in [2.75, 3.05) is 18.4 Å². The lowest BCUT2D eigenvalue weighted by molar-refractivity contribution is 0.101. The van der Waals surface area contributed by atoms with Crippen molar-refractivity contribution in [3.63, 3.8) is 0 Å². The Labute approximate surface area is 229 Å². The van der Waals surface area contributed by atoms with E-state index in [1.54, 1.807) is 6.92 Å². The van der Waals surface area contributed by atoms with Gasteiger partial charge in [-0.2, -0.15) is 0 Å². The van der Waals surface area contributed by atoms with Crippen LogP contribution in [0.25, 0.3) is 34.2 Å². The van der Waals surface area contributed by atoms with Crippen LogP contribution in [0.1, 0.15) is 54.4 Å². The first-order valence-corrected chi connectivity index (χ1v) is 13.7. The lowest BCUT2D eigenvalue weighted by Gasteiger charge is -2.28. The van der Waals surface area contributed by atoms with Gasteiger partial charge in [0.25, 0.3) is 0 Å². The monoisotopic (exact) mass is 524 g/mol. The van der Waals surface area contributed by atoms with Crippen LogP contribution >= 0.6 is 11.6 Å². The minimum absolute atomic E-state index is 0.0652. The van der Waals surface area contributed by atoms with Crippen LogP contribution in [-0.4, -0.2) is 28.8 Å². The van der Waals surface area contributed by atoms with E-state index in [1.807, 2.05) is 54.6 Å². The van der Waals surface area contributed by atoms with Crippen LogP contribution in [0, 0.1) is 11.8 Å². The molecule has 0 spiro atoms. The van der Waals surface area contributed by atoms with Crippen molar-refractivity contribution in [1.29, 1.82) is 0 Å². The summed E-state index contributed by atoms with van der Waals surface area (Å²) in [6, 6.07) is 21.7. The van der Waals surface area contributed by atoms with Gasteiger partial charge in [-0.05, 0) is 91.6 Å². The number of fused-ring (bicyclic) bond motifs is 1. The zero-order chi connectivity index (χ0) is 26.5. The summed E-state index contributed by atoms with van der Waals surface area (Å²) in [7, 11) is 0. The number of benzene rings is 3. The molecule has 1 heterocycles. The van der Waals surface area contributed by atoms with E-state index >= 15 is 0 Å². The maximum absolute atomic E-state index is 11.7. The van der Waals surface area contributed by atoms with Gasteiger partial charge in [-0.3, -0.25) is 4.79 Å². The molecule has 194 valence electrons. The molecule has 5 nitrogen and oxygen atoms in total. The molecule has 0 aliphatic heterocycles. The molecule has 1 aromatic heterocycles. The highest BCUT2D eigenvalue weighted by Gasteiger charge is 2.21. The van der Waals surface area contributed by atoms with E-state index < -0.39 is 0 Å². The first kappa shape index (κ1) is 26.1. The molecule has 0 saturated heterocycles. The van der Waals surface area contributed by atoms with Crippen molar-refractivity contribution in [3.05, 3.63) is 88.7 Å². The Hall–Kier alpha value is -3.54. The zero-order valence-corrected chi connectivity index (χ0v) is 22.4. The van der Waals surface area contributed by atoms with E-state index in [1.165, 1.54) is 25.7 Å². The van der Waals surface area contributed by atoms with E-state index in [9.17, 15) is 4.79 Å². The number of Topliss-reactive ketones (excluding diaryl/α,β-unsaturated/α-hetero) is 1. The number of rotatable bonds is 8. The number of nitrogens with zero attached hydrogens (tertiary/aromatic N) is 2. The summed E-state index contributed by atoms with van der Waals surface area (Å²) in [6.07, 6.45) is 8.81. The molecule has 6 heteroatoms. The van der Waals surface area contributed by atoms with Gasteiger partial charge < -0.3 is 11.1 Å². The quantitative estimate of drug-likeness (QED) is 0.233. The molecular weight excluding hydrogens is 492 g/mol. The third kappa shape index (κ3) is 6.29. The predicted molar refractivity (Wildman–Crippen MR) is 158 cm³/mol. The molecule has 4 aromatic rings. The number of ketones is 1. The molecule has 5 rings (SSSR count). The molecule has 1 fully saturated rings. The van der Waals surface area contributed by atoms with E-state index in [4.69, 9.17) is 27.3 Å². The van der Waals surface area contributed by atoms with Crippen molar-refractivity contribution in [1.82, 2.24) is 9.97 Å². The van der Waals surface area contributed by atoms with Crippen LogP contribution in [0.2, 0.25) is 5.02 Å². The third-order valence-corrected chi connectivity index (χ3v) is 7.63. The maximum Gasteiger partial charge on any atom is 0.159 e. The van der Waals surface area contributed by atoms with Crippen LogP contribution in [0.5, 0.6) is 0 Å². The van der Waals surface area contributed by atoms with Crippen molar-refractivity contribution >= 4 is 46.3 Å². The SMILES string of the molecule is CC(=O)c1cccc(-c2ccc(/C=C/c3nc(NCC4CCCC(CN)C4)c4ccc(Cl)cc4n3)cc2)c1. The van der Waals surface area contributed by atoms with Crippen LogP contribution in [0.3, 0.4) is 0 Å². The summed E-state index contributed by atoms with van der Waals surface area (Å²) in [5.74, 6) is 2.75. The second-order valence-corrected chi connectivity index (χ2v) is 10.6. The highest BCUT2D eigenvalue weighted by atomic mass is 35.5. The average Bonchev–Trinajstić information content (AvgIpc) is 2.95.